The van der Waals surface area contributed by atoms with E-state index in [1.165, 1.54) is 91.5 Å². The predicted molar refractivity (Wildman–Crippen MR) is 424 cm³/mol. The Balaban J connectivity index is 0.000000106. The first-order valence-electron chi connectivity index (χ1n) is 42.8. The zero-order valence-electron chi connectivity index (χ0n) is 64.4. The first-order chi connectivity index (χ1) is 53.9. The zero-order valence-corrected chi connectivity index (χ0v) is 64.4. The Morgan fingerprint density at radius 1 is 0.405 bits per heavy atom. The molecule has 3 aromatic heterocycles. The molecule has 9 aliphatic carbocycles. The average Bonchev–Trinajstić information content (AvgIpc) is 1.15. The van der Waals surface area contributed by atoms with Crippen molar-refractivity contribution in [1.82, 2.24) is 44.4 Å². The van der Waals surface area contributed by atoms with Crippen LogP contribution < -0.4 is 16.7 Å². The van der Waals surface area contributed by atoms with Crippen molar-refractivity contribution in [3.05, 3.63) is 223 Å². The Morgan fingerprint density at radius 3 is 1.14 bits per heavy atom. The van der Waals surface area contributed by atoms with Gasteiger partial charge in [-0.2, -0.15) is 0 Å². The summed E-state index contributed by atoms with van der Waals surface area (Å²) in [7, 11) is 0. The van der Waals surface area contributed by atoms with E-state index in [1.807, 2.05) is 71.6 Å². The molecule has 0 spiro atoms. The lowest BCUT2D eigenvalue weighted by atomic mass is 9.52. The first-order valence-corrected chi connectivity index (χ1v) is 42.8. The molecule has 6 N–H and O–H groups in total. The minimum Gasteiger partial charge on any atom is -0.508 e. The molecule has 4 aromatic carbocycles. The number of hydrogen-bond donors (Lipinski definition) is 6. The second-order valence-corrected chi connectivity index (χ2v) is 37.8. The zero-order chi connectivity index (χ0) is 75.1. The molecule has 23 rings (SSSR count). The van der Waals surface area contributed by atoms with Crippen molar-refractivity contribution in [2.45, 2.75) is 227 Å². The number of carbonyl (C=O) groups is 3. The van der Waals surface area contributed by atoms with Gasteiger partial charge in [0.1, 0.15) is 33.9 Å². The van der Waals surface area contributed by atoms with Gasteiger partial charge in [-0.05, 0) is 337 Å². The first kappa shape index (κ1) is 70.3. The molecule has 3 saturated carbocycles. The molecule has 7 aliphatic heterocycles. The Morgan fingerprint density at radius 2 is 0.766 bits per heavy atom. The minimum atomic E-state index is -0.283. The third-order valence-electron chi connectivity index (χ3n) is 31.3. The highest BCUT2D eigenvalue weighted by Gasteiger charge is 2.60. The van der Waals surface area contributed by atoms with Crippen LogP contribution in [0, 0.1) is 41.4 Å². The Bertz CT molecular complexity index is 5120. The highest BCUT2D eigenvalue weighted by atomic mass is 16.3. The average molecular weight is 1490 g/mol. The Kier molecular flexibility index (Phi) is 17.0. The summed E-state index contributed by atoms with van der Waals surface area (Å²) in [6.07, 6.45) is 26.7. The molecule has 578 valence electrons. The van der Waals surface area contributed by atoms with Gasteiger partial charge >= 0.3 is 0 Å². The van der Waals surface area contributed by atoms with Crippen LogP contribution in [0.1, 0.15) is 219 Å². The highest BCUT2D eigenvalue weighted by molar-refractivity contribution is 5.96. The van der Waals surface area contributed by atoms with Crippen LogP contribution in [-0.2, 0) is 87.1 Å². The van der Waals surface area contributed by atoms with Crippen LogP contribution in [0.5, 0.6) is 17.2 Å². The third kappa shape index (κ3) is 12.1. The van der Waals surface area contributed by atoms with Crippen molar-refractivity contribution < 1.29 is 29.7 Å². The number of nitrogens with zero attached hydrogens (tertiary/aromatic N) is 6. The molecule has 1 unspecified atom stereocenters. The van der Waals surface area contributed by atoms with Gasteiger partial charge in [0.05, 0.1) is 0 Å². The number of fused-ring (bicyclic) bond motifs is 9. The van der Waals surface area contributed by atoms with Gasteiger partial charge in [-0.25, -0.2) is 0 Å². The van der Waals surface area contributed by atoms with Gasteiger partial charge in [0.2, 0.25) is 0 Å². The number of aromatic hydroxyl groups is 3. The molecule has 7 aromatic rings. The molecular formula is C93H107N9O9. The van der Waals surface area contributed by atoms with Crippen molar-refractivity contribution in [2.75, 3.05) is 52.4 Å². The summed E-state index contributed by atoms with van der Waals surface area (Å²) in [5.41, 5.74) is 16.6. The van der Waals surface area contributed by atoms with Gasteiger partial charge in [-0.15, -0.1) is 0 Å². The van der Waals surface area contributed by atoms with E-state index in [0.29, 0.717) is 83.3 Å². The molecule has 10 heterocycles. The second-order valence-electron chi connectivity index (χ2n) is 37.8. The number of benzene rings is 4. The summed E-state index contributed by atoms with van der Waals surface area (Å²) in [4.78, 5) is 104. The summed E-state index contributed by atoms with van der Waals surface area (Å²) in [6, 6.07) is 33.7. The molecule has 3 amide bonds. The van der Waals surface area contributed by atoms with E-state index in [9.17, 15) is 44.1 Å². The number of nitrogens with one attached hydrogen (secondary N) is 3. The molecule has 18 nitrogen and oxygen atoms in total. The van der Waals surface area contributed by atoms with Crippen LogP contribution in [0.4, 0.5) is 0 Å². The maximum atomic E-state index is 13.8. The highest BCUT2D eigenvalue weighted by Crippen LogP contribution is 2.59. The molecule has 18 heteroatoms. The Labute approximate surface area is 649 Å². The standard InChI is InChI=1S/C32H39N3O3.C32H33N3O3.C29H35N3O3/c1-18-10-22-5-6-23(11-18)35(22)31(38)25-12-21-13-27-29-14-20-4-7-24(36)15-26(20)32(27,16-28(21)33-30(25)37)8-9-34(29)17-19-2-3-19;36-24-8-7-20-13-29-27-12-23-11-25(31(38)35-17-21-3-1-2-4-22(21)18-35)30(37)33-28(23)15-32(27,26(20)14-24)9-10-34(29)16-19-5-6-19;33-21-7-6-19-14-26-24-13-20-12-22(28(35)31-9-2-1-3-10-31)27(34)30-25(20)16-29(24,23(19)15-21)8-11-32(26)17-18-4-5-18/h4,7,12,15,18-19,22-23,27,29,36H,2-3,5-6,8-11,13-14,16-17H2,1H3,(H,33,37);1-4,7-8,11,14,19,27,29,36H,5-6,9-10,12-13,15-18H2,(H,33,37);6-7,12,15,18,24,26,33H,1-5,8-11,13-14,16-17H2,(H,30,34)/t18?,22-,23+,27-,29+,32+;27-,29+,32+;24-,26+,29+/m000/s1. The SMILES string of the molecule is CC1C[C@H]2CC[C@@H](C1)N2C(=O)c1cc2c([nH]c1=O)C[C@]13CCN(CC4CC4)[C@H](Cc4ccc(O)cc41)[C@@H]3C2.O=C(c1cc2c([nH]c1=O)C[C@]13CCN(CC4CC4)[C@H](Cc4ccc(O)cc41)[C@@H]3C2)N1CCCCC1.O=C(c1cc2c([nH]c1=O)C[C@]13CCN(CC4CC4)[C@H](Cc4ccc(O)cc41)[C@@H]3C2)N1Cc2ccccc2C1. The monoisotopic (exact) mass is 1490 g/mol. The fourth-order valence-electron chi connectivity index (χ4n) is 25.4. The summed E-state index contributed by atoms with van der Waals surface area (Å²) in [6.45, 7) is 11.7. The molecular weight excluding hydrogens is 1390 g/mol. The maximum Gasteiger partial charge on any atom is 0.261 e. The van der Waals surface area contributed by atoms with E-state index in [2.05, 4.69) is 71.8 Å². The van der Waals surface area contributed by atoms with Crippen molar-refractivity contribution in [1.29, 1.82) is 0 Å². The summed E-state index contributed by atoms with van der Waals surface area (Å²) in [5.74, 6) is 5.10. The fraction of sp³-hybridized carbons (Fsp3) is 0.548. The molecule has 0 radical (unpaired) electrons. The molecule has 16 aliphatic rings. The summed E-state index contributed by atoms with van der Waals surface area (Å²) in [5, 5.41) is 31.3. The molecule has 111 heavy (non-hydrogen) atoms. The number of H-pyrrole nitrogens is 3. The number of carbonyl (C=O) groups excluding carboxylic acids is 3. The minimum absolute atomic E-state index is 0.0526. The van der Waals surface area contributed by atoms with E-state index >= 15 is 0 Å². The van der Waals surface area contributed by atoms with E-state index in [4.69, 9.17) is 0 Å². The molecule has 6 saturated heterocycles. The van der Waals surface area contributed by atoms with Gasteiger partial charge in [0.25, 0.3) is 34.4 Å². The summed E-state index contributed by atoms with van der Waals surface area (Å²) >= 11 is 0. The van der Waals surface area contributed by atoms with Crippen LogP contribution in [-0.4, -0.2) is 160 Å². The number of piperidine rings is 5. The number of pyridine rings is 3. The van der Waals surface area contributed by atoms with E-state index < -0.39 is 0 Å². The quantitative estimate of drug-likeness (QED) is 0.0793. The number of amides is 3. The largest absolute Gasteiger partial charge is 0.508 e. The van der Waals surface area contributed by atoms with E-state index in [-0.39, 0.29) is 68.3 Å². The van der Waals surface area contributed by atoms with Crippen LogP contribution >= 0.6 is 0 Å². The number of rotatable bonds is 9. The van der Waals surface area contributed by atoms with Gasteiger partial charge in [-0.3, -0.25) is 43.5 Å². The number of aromatic amines is 3. The summed E-state index contributed by atoms with van der Waals surface area (Å²) < 4.78 is 0. The van der Waals surface area contributed by atoms with Gasteiger partial charge in [0, 0.05) is 109 Å². The fourth-order valence-corrected chi connectivity index (χ4v) is 25.4. The van der Waals surface area contributed by atoms with Crippen molar-refractivity contribution >= 4 is 17.7 Å². The van der Waals surface area contributed by atoms with Crippen molar-refractivity contribution in [3.8, 4) is 17.2 Å². The number of phenols is 3. The Hall–Kier alpha value is -8.58. The lowest BCUT2D eigenvalue weighted by Gasteiger charge is -2.59. The number of likely N-dealkylation sites (tertiary alicyclic amines) is 4. The number of phenolic OH excluding ortho intramolecular Hbond substituents is 3. The van der Waals surface area contributed by atoms with Crippen LogP contribution in [0.15, 0.2) is 111 Å². The van der Waals surface area contributed by atoms with Crippen molar-refractivity contribution in [2.24, 2.45) is 41.4 Å². The van der Waals surface area contributed by atoms with Crippen LogP contribution in [0.2, 0.25) is 0 Å². The van der Waals surface area contributed by atoms with Gasteiger partial charge < -0.3 is 45.0 Å². The lowest BCUT2D eigenvalue weighted by Crippen LogP contribution is -2.63. The number of aromatic nitrogens is 3. The molecule has 12 atom stereocenters. The van der Waals surface area contributed by atoms with E-state index in [1.54, 1.807) is 4.90 Å². The van der Waals surface area contributed by atoms with E-state index in [0.717, 1.165) is 217 Å². The van der Waals surface area contributed by atoms with Gasteiger partial charge in [-0.1, -0.05) is 49.4 Å². The normalized spacial score (nSPS) is 30.9. The smallest absolute Gasteiger partial charge is 0.261 e. The predicted octanol–water partition coefficient (Wildman–Crippen LogP) is 11.5. The number of hydrogen-bond acceptors (Lipinski definition) is 12. The second kappa shape index (κ2) is 26.8. The van der Waals surface area contributed by atoms with Crippen LogP contribution in [0.25, 0.3) is 0 Å². The molecule has 8 bridgehead atoms. The topological polar surface area (TPSA) is 230 Å². The van der Waals surface area contributed by atoms with Crippen molar-refractivity contribution in [3.63, 3.8) is 0 Å². The molecule has 9 fully saturated rings. The van der Waals surface area contributed by atoms with Crippen LogP contribution in [0.3, 0.4) is 0 Å². The van der Waals surface area contributed by atoms with Gasteiger partial charge in [0.15, 0.2) is 0 Å². The maximum absolute atomic E-state index is 13.8. The third-order valence-corrected chi connectivity index (χ3v) is 31.3. The lowest BCUT2D eigenvalue weighted by molar-refractivity contribution is 0.00454.